The van der Waals surface area contributed by atoms with Crippen LogP contribution in [-0.4, -0.2) is 10.4 Å². The van der Waals surface area contributed by atoms with Gasteiger partial charge in [-0.1, -0.05) is 30.3 Å². The van der Waals surface area contributed by atoms with Gasteiger partial charge in [-0.05, 0) is 32.3 Å². The summed E-state index contributed by atoms with van der Waals surface area (Å²) in [6.07, 6.45) is 2.31. The number of ketones is 1. The highest BCUT2D eigenvalue weighted by Crippen LogP contribution is 2.29. The lowest BCUT2D eigenvalue weighted by molar-refractivity contribution is 0.103. The molecule has 18 heavy (non-hydrogen) atoms. The highest BCUT2D eigenvalue weighted by molar-refractivity contribution is 6.11. The summed E-state index contributed by atoms with van der Waals surface area (Å²) < 4.78 is 2.31. The van der Waals surface area contributed by atoms with Gasteiger partial charge in [0.05, 0.1) is 0 Å². The first-order valence-electron chi connectivity index (χ1n) is 6.48. The third-order valence-electron chi connectivity index (χ3n) is 3.96. The monoisotopic (exact) mass is 239 g/mol. The van der Waals surface area contributed by atoms with Crippen LogP contribution in [0.1, 0.15) is 39.3 Å². The normalized spacial score (nSPS) is 13.7. The van der Waals surface area contributed by atoms with Gasteiger partial charge in [0.2, 0.25) is 0 Å². The number of nitrogens with zero attached hydrogens (tertiary/aromatic N) is 1. The van der Waals surface area contributed by atoms with Gasteiger partial charge in [0, 0.05) is 29.1 Å². The van der Waals surface area contributed by atoms with Crippen molar-refractivity contribution in [2.75, 3.05) is 0 Å². The van der Waals surface area contributed by atoms with Crippen LogP contribution in [0.2, 0.25) is 0 Å². The smallest absolute Gasteiger partial charge is 0.195 e. The Morgan fingerprint density at radius 3 is 2.56 bits per heavy atom. The Morgan fingerprint density at radius 1 is 1.17 bits per heavy atom. The van der Waals surface area contributed by atoms with E-state index < -0.39 is 0 Å². The second kappa shape index (κ2) is 4.13. The summed E-state index contributed by atoms with van der Waals surface area (Å²) >= 11 is 0. The Kier molecular flexibility index (Phi) is 2.58. The van der Waals surface area contributed by atoms with Crippen LogP contribution < -0.4 is 0 Å². The molecule has 0 amide bonds. The van der Waals surface area contributed by atoms with Crippen LogP contribution in [0.15, 0.2) is 30.3 Å². The molecule has 0 N–H and O–H groups in total. The lowest BCUT2D eigenvalue weighted by Gasteiger charge is -2.04. The molecule has 0 fully saturated rings. The maximum atomic E-state index is 12.6. The lowest BCUT2D eigenvalue weighted by Crippen LogP contribution is -2.05. The minimum absolute atomic E-state index is 0.160. The van der Waals surface area contributed by atoms with Crippen LogP contribution >= 0.6 is 0 Å². The van der Waals surface area contributed by atoms with Crippen molar-refractivity contribution in [3.8, 4) is 0 Å². The Labute approximate surface area is 107 Å². The summed E-state index contributed by atoms with van der Waals surface area (Å²) in [6.45, 7) is 5.21. The first-order chi connectivity index (χ1) is 8.70. The van der Waals surface area contributed by atoms with Crippen molar-refractivity contribution in [1.82, 2.24) is 4.57 Å². The molecule has 1 aromatic carbocycles. The average molecular weight is 239 g/mol. The van der Waals surface area contributed by atoms with Crippen LogP contribution in [0.5, 0.6) is 0 Å². The van der Waals surface area contributed by atoms with Gasteiger partial charge in [0.1, 0.15) is 0 Å². The molecular formula is C16H17NO. The third kappa shape index (κ3) is 1.52. The molecular weight excluding hydrogens is 222 g/mol. The molecule has 0 saturated carbocycles. The summed E-state index contributed by atoms with van der Waals surface area (Å²) in [5.74, 6) is 0.160. The van der Waals surface area contributed by atoms with E-state index in [1.165, 1.54) is 17.7 Å². The second-order valence-electron chi connectivity index (χ2n) is 4.98. The molecule has 92 valence electrons. The van der Waals surface area contributed by atoms with E-state index in [2.05, 4.69) is 18.4 Å². The molecule has 0 spiro atoms. The maximum Gasteiger partial charge on any atom is 0.195 e. The summed E-state index contributed by atoms with van der Waals surface area (Å²) in [7, 11) is 0. The Bertz CT molecular complexity index is 580. The van der Waals surface area contributed by atoms with Crippen molar-refractivity contribution in [2.45, 2.75) is 33.2 Å². The van der Waals surface area contributed by atoms with Crippen LogP contribution in [0.3, 0.4) is 0 Å². The van der Waals surface area contributed by atoms with E-state index in [4.69, 9.17) is 0 Å². The Morgan fingerprint density at radius 2 is 1.89 bits per heavy atom. The quantitative estimate of drug-likeness (QED) is 0.737. The zero-order chi connectivity index (χ0) is 12.7. The predicted octanol–water partition coefficient (Wildman–Crippen LogP) is 3.28. The van der Waals surface area contributed by atoms with Crippen molar-refractivity contribution >= 4 is 5.78 Å². The maximum absolute atomic E-state index is 12.6. The van der Waals surface area contributed by atoms with E-state index in [0.29, 0.717) is 0 Å². The second-order valence-corrected chi connectivity index (χ2v) is 4.98. The van der Waals surface area contributed by atoms with Crippen LogP contribution in [0.25, 0.3) is 0 Å². The van der Waals surface area contributed by atoms with Crippen LogP contribution in [-0.2, 0) is 13.0 Å². The van der Waals surface area contributed by atoms with Gasteiger partial charge in [-0.15, -0.1) is 0 Å². The van der Waals surface area contributed by atoms with Gasteiger partial charge >= 0.3 is 0 Å². The fourth-order valence-electron chi connectivity index (χ4n) is 3.05. The molecule has 0 aliphatic carbocycles. The highest BCUT2D eigenvalue weighted by atomic mass is 16.1. The largest absolute Gasteiger partial charge is 0.348 e. The van der Waals surface area contributed by atoms with Gasteiger partial charge in [0.25, 0.3) is 0 Å². The van der Waals surface area contributed by atoms with Gasteiger partial charge in [-0.2, -0.15) is 0 Å². The molecule has 2 aromatic rings. The fraction of sp³-hybridized carbons (Fsp3) is 0.312. The molecule has 0 saturated heterocycles. The number of fused-ring (bicyclic) bond motifs is 1. The summed E-state index contributed by atoms with van der Waals surface area (Å²) in [5, 5.41) is 0. The Hall–Kier alpha value is -1.83. The molecule has 2 heteroatoms. The third-order valence-corrected chi connectivity index (χ3v) is 3.96. The summed E-state index contributed by atoms with van der Waals surface area (Å²) in [5.41, 5.74) is 5.36. The number of rotatable bonds is 2. The number of hydrogen-bond donors (Lipinski definition) is 0. The topological polar surface area (TPSA) is 22.0 Å². The molecule has 0 unspecified atom stereocenters. The van der Waals surface area contributed by atoms with Crippen molar-refractivity contribution < 1.29 is 4.79 Å². The van der Waals surface area contributed by atoms with Gasteiger partial charge < -0.3 is 4.57 Å². The first-order valence-corrected chi connectivity index (χ1v) is 6.48. The SMILES string of the molecule is Cc1c(C(=O)c2ccccc2)c(C)n2c1CCC2. The minimum atomic E-state index is 0.160. The van der Waals surface area contributed by atoms with Gasteiger partial charge in [0.15, 0.2) is 5.78 Å². The zero-order valence-electron chi connectivity index (χ0n) is 10.9. The summed E-state index contributed by atoms with van der Waals surface area (Å²) in [6, 6.07) is 9.56. The summed E-state index contributed by atoms with van der Waals surface area (Å²) in [4.78, 5) is 12.6. The van der Waals surface area contributed by atoms with E-state index >= 15 is 0 Å². The number of carbonyl (C=O) groups is 1. The molecule has 1 aliphatic heterocycles. The molecule has 0 radical (unpaired) electrons. The van der Waals surface area contributed by atoms with E-state index in [9.17, 15) is 4.79 Å². The number of carbonyl (C=O) groups excluding carboxylic acids is 1. The molecule has 1 aliphatic rings. The number of hydrogen-bond acceptors (Lipinski definition) is 1. The molecule has 3 rings (SSSR count). The zero-order valence-corrected chi connectivity index (χ0v) is 10.9. The van der Waals surface area contributed by atoms with E-state index in [1.54, 1.807) is 0 Å². The predicted molar refractivity (Wildman–Crippen MR) is 72.1 cm³/mol. The standard InChI is InChI=1S/C16H17NO/c1-11-14-9-6-10-17(14)12(2)15(11)16(18)13-7-4-3-5-8-13/h3-5,7-8H,6,9-10H2,1-2H3. The highest BCUT2D eigenvalue weighted by Gasteiger charge is 2.25. The van der Waals surface area contributed by atoms with Crippen LogP contribution in [0.4, 0.5) is 0 Å². The number of benzene rings is 1. The first kappa shape index (κ1) is 11.3. The van der Waals surface area contributed by atoms with Gasteiger partial charge in [-0.3, -0.25) is 4.79 Å². The lowest BCUT2D eigenvalue weighted by atomic mass is 9.99. The fourth-order valence-corrected chi connectivity index (χ4v) is 3.05. The van der Waals surface area contributed by atoms with E-state index in [0.717, 1.165) is 29.8 Å². The van der Waals surface area contributed by atoms with Crippen molar-refractivity contribution in [1.29, 1.82) is 0 Å². The number of aromatic nitrogens is 1. The van der Waals surface area contributed by atoms with Crippen molar-refractivity contribution in [2.24, 2.45) is 0 Å². The van der Waals surface area contributed by atoms with Crippen molar-refractivity contribution in [3.63, 3.8) is 0 Å². The Balaban J connectivity index is 2.11. The van der Waals surface area contributed by atoms with E-state index in [1.807, 2.05) is 30.3 Å². The average Bonchev–Trinajstić information content (AvgIpc) is 2.95. The molecule has 1 aromatic heterocycles. The van der Waals surface area contributed by atoms with Crippen LogP contribution in [0, 0.1) is 13.8 Å². The molecule has 2 heterocycles. The minimum Gasteiger partial charge on any atom is -0.348 e. The molecule has 0 bridgehead atoms. The molecule has 0 atom stereocenters. The van der Waals surface area contributed by atoms with Crippen molar-refractivity contribution in [3.05, 3.63) is 58.4 Å². The molecule has 2 nitrogen and oxygen atoms in total. The van der Waals surface area contributed by atoms with E-state index in [-0.39, 0.29) is 5.78 Å². The van der Waals surface area contributed by atoms with Gasteiger partial charge in [-0.25, -0.2) is 0 Å².